The lowest BCUT2D eigenvalue weighted by Gasteiger charge is -2.05. The molecule has 0 radical (unpaired) electrons. The summed E-state index contributed by atoms with van der Waals surface area (Å²) in [5.41, 5.74) is 3.73. The number of amides is 1. The van der Waals surface area contributed by atoms with Gasteiger partial charge in [0.2, 0.25) is 5.91 Å². The highest BCUT2D eigenvalue weighted by molar-refractivity contribution is 7.19. The van der Waals surface area contributed by atoms with Gasteiger partial charge in [0.1, 0.15) is 4.83 Å². The minimum Gasteiger partial charge on any atom is -0.302 e. The average molecular weight is 487 g/mol. The van der Waals surface area contributed by atoms with Crippen LogP contribution in [0.5, 0.6) is 0 Å². The van der Waals surface area contributed by atoms with Crippen LogP contribution in [0.2, 0.25) is 0 Å². The van der Waals surface area contributed by atoms with Gasteiger partial charge in [0.15, 0.2) is 5.13 Å². The van der Waals surface area contributed by atoms with Crippen LogP contribution in [0.15, 0.2) is 71.8 Å². The lowest BCUT2D eigenvalue weighted by atomic mass is 10.1. The fourth-order valence-corrected chi connectivity index (χ4v) is 5.78. The molecule has 2 aromatic carbocycles. The lowest BCUT2D eigenvalue weighted by Crippen LogP contribution is -2.23. The molecule has 0 fully saturated rings. The van der Waals surface area contributed by atoms with Gasteiger partial charge in [0, 0.05) is 23.4 Å². The quantitative estimate of drug-likeness (QED) is 0.324. The van der Waals surface area contributed by atoms with E-state index in [0.717, 1.165) is 37.0 Å². The number of rotatable bonds is 6. The number of nitrogens with one attached hydrogen (secondary N) is 1. The van der Waals surface area contributed by atoms with Crippen molar-refractivity contribution in [2.24, 2.45) is 0 Å². The van der Waals surface area contributed by atoms with Gasteiger partial charge in [-0.25, -0.2) is 9.97 Å². The standard InChI is InChI=1S/C26H22N4O2S2/c1-16-17(2)33-24-21(16)25(32)30(15-27-24)14-13-20(31)28-26-29-22(18-9-5-3-6-10-18)23(34-26)19-11-7-4-8-12-19/h3-12,15H,13-14H2,1-2H3,(H,28,29,31). The van der Waals surface area contributed by atoms with Gasteiger partial charge in [-0.1, -0.05) is 72.0 Å². The van der Waals surface area contributed by atoms with Crippen LogP contribution in [-0.2, 0) is 11.3 Å². The first-order valence-electron chi connectivity index (χ1n) is 10.9. The zero-order valence-electron chi connectivity index (χ0n) is 18.7. The van der Waals surface area contributed by atoms with Crippen LogP contribution < -0.4 is 10.9 Å². The van der Waals surface area contributed by atoms with Crippen molar-refractivity contribution in [3.05, 3.63) is 87.8 Å². The molecule has 0 saturated heterocycles. The van der Waals surface area contributed by atoms with Gasteiger partial charge in [-0.05, 0) is 25.0 Å². The van der Waals surface area contributed by atoms with Crippen LogP contribution in [-0.4, -0.2) is 20.4 Å². The van der Waals surface area contributed by atoms with Crippen molar-refractivity contribution in [1.82, 2.24) is 14.5 Å². The van der Waals surface area contributed by atoms with Crippen LogP contribution >= 0.6 is 22.7 Å². The Morgan fingerprint density at radius 3 is 2.35 bits per heavy atom. The van der Waals surface area contributed by atoms with Crippen LogP contribution in [0.4, 0.5) is 5.13 Å². The van der Waals surface area contributed by atoms with Gasteiger partial charge in [-0.3, -0.25) is 14.2 Å². The summed E-state index contributed by atoms with van der Waals surface area (Å²) in [7, 11) is 0. The van der Waals surface area contributed by atoms with Gasteiger partial charge in [0.05, 0.1) is 22.3 Å². The van der Waals surface area contributed by atoms with E-state index < -0.39 is 0 Å². The molecular formula is C26H22N4O2S2. The maximum absolute atomic E-state index is 12.9. The van der Waals surface area contributed by atoms with E-state index in [1.807, 2.05) is 74.5 Å². The molecule has 6 nitrogen and oxygen atoms in total. The topological polar surface area (TPSA) is 76.9 Å². The van der Waals surface area contributed by atoms with Gasteiger partial charge < -0.3 is 5.32 Å². The van der Waals surface area contributed by atoms with Gasteiger partial charge >= 0.3 is 0 Å². The van der Waals surface area contributed by atoms with Crippen LogP contribution in [0.1, 0.15) is 16.9 Å². The molecule has 0 bridgehead atoms. The largest absolute Gasteiger partial charge is 0.302 e. The molecule has 170 valence electrons. The molecule has 0 aliphatic heterocycles. The number of aromatic nitrogens is 3. The molecule has 1 N–H and O–H groups in total. The molecule has 0 unspecified atom stereocenters. The fraction of sp³-hybridized carbons (Fsp3) is 0.154. The van der Waals surface area contributed by atoms with Gasteiger partial charge in [-0.15, -0.1) is 11.3 Å². The zero-order chi connectivity index (χ0) is 23.7. The fourth-order valence-electron chi connectivity index (χ4n) is 3.78. The summed E-state index contributed by atoms with van der Waals surface area (Å²) in [6.07, 6.45) is 1.67. The number of carbonyl (C=O) groups is 1. The molecule has 3 aromatic heterocycles. The number of fused-ring (bicyclic) bond motifs is 1. The molecule has 5 rings (SSSR count). The first-order chi connectivity index (χ1) is 16.5. The van der Waals surface area contributed by atoms with Crippen molar-refractivity contribution in [3.8, 4) is 21.7 Å². The minimum atomic E-state index is -0.196. The maximum atomic E-state index is 12.9. The van der Waals surface area contributed by atoms with Crippen LogP contribution in [0.3, 0.4) is 0 Å². The predicted octanol–water partition coefficient (Wildman–Crippen LogP) is 5.89. The SMILES string of the molecule is Cc1sc2ncn(CCC(=O)Nc3nc(-c4ccccc4)c(-c4ccccc4)s3)c(=O)c2c1C. The van der Waals surface area contributed by atoms with Crippen molar-refractivity contribution in [2.45, 2.75) is 26.8 Å². The normalized spacial score (nSPS) is 11.1. The molecule has 0 atom stereocenters. The summed E-state index contributed by atoms with van der Waals surface area (Å²) in [5.74, 6) is -0.196. The summed E-state index contributed by atoms with van der Waals surface area (Å²) in [6, 6.07) is 20.0. The second-order valence-electron chi connectivity index (χ2n) is 7.93. The number of benzene rings is 2. The van der Waals surface area contributed by atoms with Gasteiger partial charge in [-0.2, -0.15) is 0 Å². The Labute approximate surface area is 204 Å². The van der Waals surface area contributed by atoms with E-state index in [1.165, 1.54) is 33.6 Å². The Balaban J connectivity index is 1.37. The number of aryl methyl sites for hydroxylation is 3. The number of thiophene rings is 1. The van der Waals surface area contributed by atoms with Crippen molar-refractivity contribution >= 4 is 43.9 Å². The summed E-state index contributed by atoms with van der Waals surface area (Å²) in [4.78, 5) is 37.6. The molecular weight excluding hydrogens is 464 g/mol. The number of nitrogens with zero attached hydrogens (tertiary/aromatic N) is 3. The molecule has 1 amide bonds. The van der Waals surface area contributed by atoms with Crippen molar-refractivity contribution < 1.29 is 4.79 Å². The molecule has 0 spiro atoms. The summed E-state index contributed by atoms with van der Waals surface area (Å²) >= 11 is 2.96. The lowest BCUT2D eigenvalue weighted by molar-refractivity contribution is -0.116. The number of thiazole rings is 1. The Hall–Kier alpha value is -3.62. The van der Waals surface area contributed by atoms with E-state index in [1.54, 1.807) is 0 Å². The highest BCUT2D eigenvalue weighted by Crippen LogP contribution is 2.38. The van der Waals surface area contributed by atoms with Crippen LogP contribution in [0.25, 0.3) is 31.9 Å². The van der Waals surface area contributed by atoms with Gasteiger partial charge in [0.25, 0.3) is 5.56 Å². The zero-order valence-corrected chi connectivity index (χ0v) is 20.4. The predicted molar refractivity (Wildman–Crippen MR) is 140 cm³/mol. The Kier molecular flexibility index (Phi) is 6.08. The van der Waals surface area contributed by atoms with E-state index in [-0.39, 0.29) is 24.4 Å². The molecule has 3 heterocycles. The Morgan fingerprint density at radius 1 is 0.971 bits per heavy atom. The molecule has 8 heteroatoms. The summed E-state index contributed by atoms with van der Waals surface area (Å²) in [6.45, 7) is 4.18. The number of hydrogen-bond donors (Lipinski definition) is 1. The number of carbonyl (C=O) groups excluding carboxylic acids is 1. The van der Waals surface area contributed by atoms with E-state index in [9.17, 15) is 9.59 Å². The third-order valence-electron chi connectivity index (χ3n) is 5.69. The average Bonchev–Trinajstić information content (AvgIpc) is 3.40. The summed E-state index contributed by atoms with van der Waals surface area (Å²) in [5, 5.41) is 4.10. The van der Waals surface area contributed by atoms with Crippen molar-refractivity contribution in [1.29, 1.82) is 0 Å². The third-order valence-corrected chi connectivity index (χ3v) is 7.83. The van der Waals surface area contributed by atoms with E-state index in [0.29, 0.717) is 10.5 Å². The monoisotopic (exact) mass is 486 g/mol. The maximum Gasteiger partial charge on any atom is 0.262 e. The molecule has 0 saturated carbocycles. The Morgan fingerprint density at radius 2 is 1.65 bits per heavy atom. The van der Waals surface area contributed by atoms with E-state index in [4.69, 9.17) is 4.98 Å². The highest BCUT2D eigenvalue weighted by atomic mass is 32.1. The first kappa shape index (κ1) is 22.2. The van der Waals surface area contributed by atoms with E-state index in [2.05, 4.69) is 10.3 Å². The van der Waals surface area contributed by atoms with Crippen molar-refractivity contribution in [2.75, 3.05) is 5.32 Å². The minimum absolute atomic E-state index is 0.105. The highest BCUT2D eigenvalue weighted by Gasteiger charge is 2.17. The first-order valence-corrected chi connectivity index (χ1v) is 12.5. The second kappa shape index (κ2) is 9.32. The third kappa shape index (κ3) is 4.30. The summed E-state index contributed by atoms with van der Waals surface area (Å²) < 4.78 is 1.51. The second-order valence-corrected chi connectivity index (χ2v) is 10.1. The Bertz CT molecular complexity index is 1480. The molecule has 0 aliphatic carbocycles. The number of anilines is 1. The van der Waals surface area contributed by atoms with E-state index >= 15 is 0 Å². The number of hydrogen-bond acceptors (Lipinski definition) is 6. The molecule has 5 aromatic rings. The molecule has 34 heavy (non-hydrogen) atoms. The molecule has 0 aliphatic rings. The van der Waals surface area contributed by atoms with Crippen LogP contribution in [0, 0.1) is 13.8 Å². The smallest absolute Gasteiger partial charge is 0.262 e. The van der Waals surface area contributed by atoms with Crippen molar-refractivity contribution in [3.63, 3.8) is 0 Å².